The van der Waals surface area contributed by atoms with E-state index in [-0.39, 0.29) is 17.2 Å². The third kappa shape index (κ3) is 7.56. The summed E-state index contributed by atoms with van der Waals surface area (Å²) in [6, 6.07) is 8.15. The maximum Gasteiger partial charge on any atom is 0.416 e. The smallest absolute Gasteiger partial charge is 0.416 e. The van der Waals surface area contributed by atoms with Crippen LogP contribution in [-0.2, 0) is 17.4 Å². The van der Waals surface area contributed by atoms with Crippen LogP contribution in [0, 0.1) is 0 Å². The van der Waals surface area contributed by atoms with Crippen molar-refractivity contribution in [2.45, 2.75) is 19.2 Å². The fourth-order valence-corrected chi connectivity index (χ4v) is 1.93. The summed E-state index contributed by atoms with van der Waals surface area (Å²) in [5.74, 6) is -1.13. The lowest BCUT2D eigenvalue weighted by atomic mass is 10.1. The molecule has 0 unspecified atom stereocenters. The van der Waals surface area contributed by atoms with Crippen molar-refractivity contribution in [1.82, 2.24) is 0 Å². The van der Waals surface area contributed by atoms with E-state index in [2.05, 4.69) is 4.74 Å². The van der Waals surface area contributed by atoms with Crippen LogP contribution in [-0.4, -0.2) is 17.7 Å². The Morgan fingerprint density at radius 1 is 1.15 bits per heavy atom. The number of aliphatic carboxylic acids is 1. The average molecular weight is 398 g/mol. The molecule has 142 valence electrons. The predicted octanol–water partition coefficient (Wildman–Crippen LogP) is 4.86. The summed E-state index contributed by atoms with van der Waals surface area (Å²) in [5.41, 5.74) is 5.32. The predicted molar refractivity (Wildman–Crippen MR) is 85.3 cm³/mol. The zero-order valence-electron chi connectivity index (χ0n) is 12.9. The molecular formula is C16H13ClF5NO3. The number of carboxylic acid groups (broad SMARTS) is 1. The van der Waals surface area contributed by atoms with Gasteiger partial charge in [-0.1, -0.05) is 23.7 Å². The molecular weight excluding hydrogens is 385 g/mol. The highest BCUT2D eigenvalue weighted by Crippen LogP contribution is 2.29. The van der Waals surface area contributed by atoms with Gasteiger partial charge in [-0.25, -0.2) is 0 Å². The number of nitrogen functional groups attached to an aromatic ring is 1. The van der Waals surface area contributed by atoms with Crippen LogP contribution in [0.25, 0.3) is 0 Å². The molecule has 0 aliphatic rings. The van der Waals surface area contributed by atoms with Crippen LogP contribution in [0.2, 0.25) is 5.02 Å². The first-order chi connectivity index (χ1) is 12.0. The Hall–Kier alpha value is -2.55. The lowest BCUT2D eigenvalue weighted by Crippen LogP contribution is -2.05. The lowest BCUT2D eigenvalue weighted by Gasteiger charge is -2.06. The van der Waals surface area contributed by atoms with E-state index in [4.69, 9.17) is 22.4 Å². The molecule has 0 atom stereocenters. The number of benzene rings is 2. The minimum absolute atomic E-state index is 0.0686. The summed E-state index contributed by atoms with van der Waals surface area (Å²) in [5, 5.41) is 8.45. The van der Waals surface area contributed by atoms with Gasteiger partial charge in [-0.2, -0.15) is 22.0 Å². The van der Waals surface area contributed by atoms with Crippen molar-refractivity contribution in [1.29, 1.82) is 0 Å². The topological polar surface area (TPSA) is 72.5 Å². The number of anilines is 1. The molecule has 0 fully saturated rings. The van der Waals surface area contributed by atoms with Gasteiger partial charge in [0, 0.05) is 5.69 Å². The minimum Gasteiger partial charge on any atom is -0.481 e. The summed E-state index contributed by atoms with van der Waals surface area (Å²) >= 11 is 5.54. The Morgan fingerprint density at radius 3 is 2.15 bits per heavy atom. The summed E-state index contributed by atoms with van der Waals surface area (Å²) in [4.78, 5) is 10.2. The first-order valence-corrected chi connectivity index (χ1v) is 7.24. The van der Waals surface area contributed by atoms with Gasteiger partial charge in [-0.05, 0) is 35.9 Å². The molecule has 0 radical (unpaired) electrons. The molecule has 0 aliphatic heterocycles. The van der Waals surface area contributed by atoms with Crippen molar-refractivity contribution in [2.75, 3.05) is 5.73 Å². The Kier molecular flexibility index (Phi) is 7.63. The monoisotopic (exact) mass is 397 g/mol. The van der Waals surface area contributed by atoms with Crippen LogP contribution < -0.4 is 10.5 Å². The molecule has 0 aromatic heterocycles. The van der Waals surface area contributed by atoms with E-state index >= 15 is 0 Å². The van der Waals surface area contributed by atoms with Crippen molar-refractivity contribution in [3.63, 3.8) is 0 Å². The maximum absolute atomic E-state index is 12.1. The second-order valence-electron chi connectivity index (χ2n) is 4.83. The van der Waals surface area contributed by atoms with E-state index in [1.165, 1.54) is 18.2 Å². The molecule has 0 saturated carbocycles. The average Bonchev–Trinajstić information content (AvgIpc) is 2.49. The van der Waals surface area contributed by atoms with Crippen LogP contribution in [0.15, 0.2) is 42.5 Å². The van der Waals surface area contributed by atoms with Crippen LogP contribution in [0.5, 0.6) is 5.75 Å². The van der Waals surface area contributed by atoms with Crippen LogP contribution in [0.4, 0.5) is 27.6 Å². The molecule has 0 bridgehead atoms. The molecule has 2 aromatic rings. The van der Waals surface area contributed by atoms with Crippen LogP contribution >= 0.6 is 11.6 Å². The Balaban J connectivity index is 0.000000263. The fourth-order valence-electron chi connectivity index (χ4n) is 1.69. The fraction of sp³-hybridized carbons (Fsp3) is 0.188. The van der Waals surface area contributed by atoms with E-state index in [0.29, 0.717) is 11.3 Å². The van der Waals surface area contributed by atoms with Gasteiger partial charge in [0.25, 0.3) is 0 Å². The number of alkyl halides is 5. The number of nitrogens with two attached hydrogens (primary N) is 1. The van der Waals surface area contributed by atoms with E-state index < -0.39 is 24.3 Å². The zero-order chi connectivity index (χ0) is 19.9. The summed E-state index contributed by atoms with van der Waals surface area (Å²) < 4.78 is 63.7. The molecule has 0 aliphatic carbocycles. The van der Waals surface area contributed by atoms with Gasteiger partial charge in [-0.15, -0.1) is 0 Å². The largest absolute Gasteiger partial charge is 0.481 e. The van der Waals surface area contributed by atoms with Crippen molar-refractivity contribution < 1.29 is 36.6 Å². The Morgan fingerprint density at radius 2 is 1.73 bits per heavy atom. The van der Waals surface area contributed by atoms with Gasteiger partial charge >= 0.3 is 18.8 Å². The highest BCUT2D eigenvalue weighted by atomic mass is 35.5. The van der Waals surface area contributed by atoms with Crippen molar-refractivity contribution in [3.8, 4) is 5.75 Å². The van der Waals surface area contributed by atoms with Gasteiger partial charge in [0.1, 0.15) is 5.75 Å². The summed E-state index contributed by atoms with van der Waals surface area (Å²) in [6.07, 6.45) is -4.64. The molecule has 10 heteroatoms. The molecule has 3 N–H and O–H groups in total. The quantitative estimate of drug-likeness (QED) is 0.571. The maximum atomic E-state index is 12.1. The minimum atomic E-state index is -4.37. The highest BCUT2D eigenvalue weighted by molar-refractivity contribution is 6.32. The van der Waals surface area contributed by atoms with Crippen molar-refractivity contribution in [2.24, 2.45) is 0 Å². The number of halogens is 6. The van der Waals surface area contributed by atoms with Crippen LogP contribution in [0.3, 0.4) is 0 Å². The molecule has 0 amide bonds. The van der Waals surface area contributed by atoms with Gasteiger partial charge in [0.15, 0.2) is 0 Å². The highest BCUT2D eigenvalue weighted by Gasteiger charge is 2.29. The molecule has 0 saturated heterocycles. The number of ether oxygens (including phenoxy) is 1. The first kappa shape index (κ1) is 21.5. The van der Waals surface area contributed by atoms with Gasteiger partial charge in [0.05, 0.1) is 17.0 Å². The van der Waals surface area contributed by atoms with E-state index in [0.717, 1.165) is 24.3 Å². The standard InChI is InChI=1S/C9H7F3O2.C7H6ClF2NO/c10-9(11,12)7-3-1-6(2-4-7)5-8(13)14;8-5-3-4(11)1-2-6(5)12-7(9)10/h1-4H,5H2,(H,13,14);1-3,7H,11H2. The van der Waals surface area contributed by atoms with Gasteiger partial charge in [0.2, 0.25) is 0 Å². The van der Waals surface area contributed by atoms with Crippen molar-refractivity contribution >= 4 is 23.3 Å². The second-order valence-corrected chi connectivity index (χ2v) is 5.24. The molecule has 4 nitrogen and oxygen atoms in total. The van der Waals surface area contributed by atoms with Crippen molar-refractivity contribution in [3.05, 3.63) is 58.6 Å². The van der Waals surface area contributed by atoms with Gasteiger partial charge in [-0.3, -0.25) is 4.79 Å². The number of carbonyl (C=O) groups is 1. The molecule has 2 aromatic carbocycles. The van der Waals surface area contributed by atoms with E-state index in [1.807, 2.05) is 0 Å². The first-order valence-electron chi connectivity index (χ1n) is 6.87. The molecule has 0 spiro atoms. The lowest BCUT2D eigenvalue weighted by molar-refractivity contribution is -0.137. The number of hydrogen-bond donors (Lipinski definition) is 2. The SMILES string of the molecule is Nc1ccc(OC(F)F)c(Cl)c1.O=C(O)Cc1ccc(C(F)(F)F)cc1. The Labute approximate surface area is 149 Å². The number of hydrogen-bond acceptors (Lipinski definition) is 3. The van der Waals surface area contributed by atoms with E-state index in [9.17, 15) is 26.7 Å². The normalized spacial score (nSPS) is 10.9. The summed E-state index contributed by atoms with van der Waals surface area (Å²) in [7, 11) is 0. The second kappa shape index (κ2) is 9.23. The number of rotatable bonds is 4. The summed E-state index contributed by atoms with van der Waals surface area (Å²) in [6.45, 7) is -2.87. The number of carboxylic acids is 1. The zero-order valence-corrected chi connectivity index (χ0v) is 13.7. The molecule has 2 rings (SSSR count). The van der Waals surface area contributed by atoms with Crippen LogP contribution in [0.1, 0.15) is 11.1 Å². The molecule has 0 heterocycles. The molecule has 26 heavy (non-hydrogen) atoms. The Bertz CT molecular complexity index is 736. The third-order valence-corrected chi connectivity index (χ3v) is 3.10. The third-order valence-electron chi connectivity index (χ3n) is 2.81. The van der Waals surface area contributed by atoms with E-state index in [1.54, 1.807) is 0 Å². The van der Waals surface area contributed by atoms with Gasteiger partial charge < -0.3 is 15.6 Å².